The Morgan fingerprint density at radius 3 is 2.26 bits per heavy atom. The summed E-state index contributed by atoms with van der Waals surface area (Å²) in [6.07, 6.45) is 4.76. The Morgan fingerprint density at radius 1 is 1.03 bits per heavy atom. The number of hydrogen-bond donors (Lipinski definition) is 2. The van der Waals surface area contributed by atoms with Crippen molar-refractivity contribution in [3.8, 4) is 0 Å². The van der Waals surface area contributed by atoms with E-state index in [-0.39, 0.29) is 22.2 Å². The zero-order chi connectivity index (χ0) is 23.1. The molecule has 0 radical (unpaired) electrons. The number of nitrogens with one attached hydrogen (secondary N) is 1. The van der Waals surface area contributed by atoms with Crippen LogP contribution in [0.1, 0.15) is 62.4 Å². The zero-order valence-electron chi connectivity index (χ0n) is 17.9. The van der Waals surface area contributed by atoms with Gasteiger partial charge in [0, 0.05) is 12.6 Å². The predicted molar refractivity (Wildman–Crippen MR) is 116 cm³/mol. The maximum Gasteiger partial charge on any atom is 0.337 e. The molecule has 9 heteroatoms. The molecule has 2 aromatic rings. The lowest BCUT2D eigenvalue weighted by atomic mass is 10.1. The second kappa shape index (κ2) is 10.4. The summed E-state index contributed by atoms with van der Waals surface area (Å²) >= 11 is 0. The molecule has 2 rings (SSSR count). The highest BCUT2D eigenvalue weighted by molar-refractivity contribution is 7.92. The van der Waals surface area contributed by atoms with E-state index in [1.54, 1.807) is 12.1 Å². The maximum atomic E-state index is 12.5. The Morgan fingerprint density at radius 2 is 1.71 bits per heavy atom. The fraction of sp³-hybridized carbons (Fsp3) is 0.409. The number of aromatic nitrogens is 1. The highest BCUT2D eigenvalue weighted by Crippen LogP contribution is 2.17. The molecule has 1 aromatic heterocycles. The minimum atomic E-state index is -3.83. The highest BCUT2D eigenvalue weighted by Gasteiger charge is 2.16. The van der Waals surface area contributed by atoms with Crippen molar-refractivity contribution >= 4 is 27.8 Å². The summed E-state index contributed by atoms with van der Waals surface area (Å²) in [5, 5.41) is 8.87. The predicted octanol–water partition coefficient (Wildman–Crippen LogP) is 4.03. The van der Waals surface area contributed by atoms with Crippen molar-refractivity contribution in [2.24, 2.45) is 0 Å². The van der Waals surface area contributed by atoms with E-state index in [2.05, 4.69) is 9.71 Å². The normalized spacial score (nSPS) is 11.7. The number of hydrogen-bond acceptors (Lipinski definition) is 6. The number of anilines is 1. The van der Waals surface area contributed by atoms with Gasteiger partial charge < -0.3 is 9.84 Å². The van der Waals surface area contributed by atoms with Gasteiger partial charge in [-0.05, 0) is 69.9 Å². The van der Waals surface area contributed by atoms with Gasteiger partial charge in [0.2, 0.25) is 0 Å². The van der Waals surface area contributed by atoms with Crippen LogP contribution < -0.4 is 4.72 Å². The second-order valence-corrected chi connectivity index (χ2v) is 9.82. The fourth-order valence-electron chi connectivity index (χ4n) is 2.78. The molecule has 0 saturated carbocycles. The Hall–Kier alpha value is -2.94. The van der Waals surface area contributed by atoms with Gasteiger partial charge in [0.15, 0.2) is 0 Å². The Bertz CT molecular complexity index is 994. The number of aryl methyl sites for hydroxylation is 1. The maximum absolute atomic E-state index is 12.5. The number of carboxylic acid groups (broad SMARTS) is 1. The molecule has 2 N–H and O–H groups in total. The van der Waals surface area contributed by atoms with Crippen LogP contribution >= 0.6 is 0 Å². The van der Waals surface area contributed by atoms with Crippen LogP contribution in [0.25, 0.3) is 0 Å². The smallest absolute Gasteiger partial charge is 0.337 e. The average molecular weight is 449 g/mol. The minimum absolute atomic E-state index is 0.0293. The van der Waals surface area contributed by atoms with Crippen LogP contribution in [0.5, 0.6) is 0 Å². The Labute approximate surface area is 182 Å². The van der Waals surface area contributed by atoms with E-state index in [9.17, 15) is 18.0 Å². The summed E-state index contributed by atoms with van der Waals surface area (Å²) in [6, 6.07) is 9.12. The lowest BCUT2D eigenvalue weighted by molar-refractivity contribution is -0.154. The summed E-state index contributed by atoms with van der Waals surface area (Å²) in [4.78, 5) is 26.4. The third-order valence-electron chi connectivity index (χ3n) is 4.25. The molecule has 1 heterocycles. The van der Waals surface area contributed by atoms with E-state index >= 15 is 0 Å². The van der Waals surface area contributed by atoms with Crippen LogP contribution in [0.3, 0.4) is 0 Å². The minimum Gasteiger partial charge on any atom is -0.478 e. The molecule has 0 aliphatic rings. The first-order chi connectivity index (χ1) is 14.5. The van der Waals surface area contributed by atoms with Crippen molar-refractivity contribution in [3.05, 3.63) is 53.7 Å². The van der Waals surface area contributed by atoms with Gasteiger partial charge in [-0.25, -0.2) is 18.2 Å². The molecule has 0 bridgehead atoms. The quantitative estimate of drug-likeness (QED) is 0.415. The lowest BCUT2D eigenvalue weighted by Crippen LogP contribution is -2.23. The third kappa shape index (κ3) is 8.37. The van der Waals surface area contributed by atoms with Crippen LogP contribution in [0.15, 0.2) is 47.5 Å². The van der Waals surface area contributed by atoms with E-state index in [1.807, 2.05) is 20.8 Å². The topological polar surface area (TPSA) is 123 Å². The standard InChI is InChI=1S/C22H28N2O6S/c1-22(2,3)30-20(25)8-6-4-5-7-16-9-12-18(13-10-16)31(28,29)24-19-14-11-17(15-23-19)21(26)27/h9-15H,4-8H2,1-3H3,(H,23,24)(H,26,27). The second-order valence-electron chi connectivity index (χ2n) is 8.13. The Balaban J connectivity index is 1.82. The number of benzene rings is 1. The molecule has 8 nitrogen and oxygen atoms in total. The number of rotatable bonds is 10. The van der Waals surface area contributed by atoms with E-state index in [1.165, 1.54) is 24.3 Å². The van der Waals surface area contributed by atoms with E-state index in [4.69, 9.17) is 9.84 Å². The van der Waals surface area contributed by atoms with Gasteiger partial charge in [-0.15, -0.1) is 0 Å². The van der Waals surface area contributed by atoms with Gasteiger partial charge in [-0.2, -0.15) is 0 Å². The first kappa shape index (κ1) is 24.3. The van der Waals surface area contributed by atoms with Crippen LogP contribution in [0, 0.1) is 0 Å². The van der Waals surface area contributed by atoms with Gasteiger partial charge in [0.1, 0.15) is 11.4 Å². The number of carboxylic acids is 1. The van der Waals surface area contributed by atoms with Gasteiger partial charge >= 0.3 is 11.9 Å². The van der Waals surface area contributed by atoms with Crippen molar-refractivity contribution in [1.82, 2.24) is 4.98 Å². The summed E-state index contributed by atoms with van der Waals surface area (Å²) in [5.41, 5.74) is 0.505. The fourth-order valence-corrected chi connectivity index (χ4v) is 3.79. The number of pyridine rings is 1. The molecule has 0 fully saturated rings. The molecule has 31 heavy (non-hydrogen) atoms. The molecule has 1 aromatic carbocycles. The number of ether oxygens (including phenoxy) is 1. The van der Waals surface area contributed by atoms with Crippen molar-refractivity contribution < 1.29 is 27.9 Å². The van der Waals surface area contributed by atoms with E-state index < -0.39 is 21.6 Å². The molecule has 0 unspecified atom stereocenters. The number of nitrogens with zero attached hydrogens (tertiary/aromatic N) is 1. The first-order valence-electron chi connectivity index (χ1n) is 9.99. The molecule has 0 aliphatic heterocycles. The third-order valence-corrected chi connectivity index (χ3v) is 5.62. The first-order valence-corrected chi connectivity index (χ1v) is 11.5. The van der Waals surface area contributed by atoms with E-state index in [0.29, 0.717) is 6.42 Å². The largest absolute Gasteiger partial charge is 0.478 e. The average Bonchev–Trinajstić information content (AvgIpc) is 2.67. The molecular formula is C22H28N2O6S. The van der Waals surface area contributed by atoms with Crippen LogP contribution in [0.4, 0.5) is 5.82 Å². The van der Waals surface area contributed by atoms with Crippen molar-refractivity contribution in [2.45, 2.75) is 63.4 Å². The molecule has 0 saturated heterocycles. The molecule has 0 atom stereocenters. The van der Waals surface area contributed by atoms with Crippen LogP contribution in [-0.4, -0.2) is 36.0 Å². The number of carbonyl (C=O) groups is 2. The molecule has 0 amide bonds. The number of unbranched alkanes of at least 4 members (excludes halogenated alkanes) is 2. The molecule has 0 spiro atoms. The van der Waals surface area contributed by atoms with E-state index in [0.717, 1.165) is 37.4 Å². The van der Waals surface area contributed by atoms with Crippen LogP contribution in [-0.2, 0) is 26.0 Å². The van der Waals surface area contributed by atoms with Gasteiger partial charge in [0.05, 0.1) is 10.5 Å². The summed E-state index contributed by atoms with van der Waals surface area (Å²) < 4.78 is 32.6. The number of esters is 1. The number of aromatic carboxylic acids is 1. The lowest BCUT2D eigenvalue weighted by Gasteiger charge is -2.19. The molecule has 0 aliphatic carbocycles. The number of carbonyl (C=O) groups excluding carboxylic acids is 1. The zero-order valence-corrected chi connectivity index (χ0v) is 18.7. The highest BCUT2D eigenvalue weighted by atomic mass is 32.2. The monoisotopic (exact) mass is 448 g/mol. The number of sulfonamides is 1. The van der Waals surface area contributed by atoms with Crippen molar-refractivity contribution in [1.29, 1.82) is 0 Å². The molecule has 168 valence electrons. The summed E-state index contributed by atoms with van der Waals surface area (Å²) in [6.45, 7) is 5.53. The van der Waals surface area contributed by atoms with Crippen molar-refractivity contribution in [2.75, 3.05) is 4.72 Å². The SMILES string of the molecule is CC(C)(C)OC(=O)CCCCCc1ccc(S(=O)(=O)Nc2ccc(C(=O)O)cn2)cc1. The van der Waals surface area contributed by atoms with Gasteiger partial charge in [-0.3, -0.25) is 9.52 Å². The van der Waals surface area contributed by atoms with Gasteiger partial charge in [-0.1, -0.05) is 18.6 Å². The van der Waals surface area contributed by atoms with Gasteiger partial charge in [0.25, 0.3) is 10.0 Å². The van der Waals surface area contributed by atoms with Crippen molar-refractivity contribution in [3.63, 3.8) is 0 Å². The summed E-state index contributed by atoms with van der Waals surface area (Å²) in [7, 11) is -3.83. The summed E-state index contributed by atoms with van der Waals surface area (Å²) in [5.74, 6) is -1.29. The Kier molecular flexibility index (Phi) is 8.15. The molecular weight excluding hydrogens is 420 g/mol. The van der Waals surface area contributed by atoms with Crippen LogP contribution in [0.2, 0.25) is 0 Å².